The second kappa shape index (κ2) is 16.4. The van der Waals surface area contributed by atoms with Gasteiger partial charge in [0.25, 0.3) is 0 Å². The summed E-state index contributed by atoms with van der Waals surface area (Å²) in [4.78, 5) is 0. The molecule has 2 nitrogen and oxygen atoms in total. The Morgan fingerprint density at radius 1 is 0.583 bits per heavy atom. The van der Waals surface area contributed by atoms with Crippen LogP contribution in [0.15, 0.2) is 0 Å². The van der Waals surface area contributed by atoms with E-state index in [1.165, 1.54) is 77.0 Å². The van der Waals surface area contributed by atoms with Gasteiger partial charge >= 0.3 is 0 Å². The molecule has 0 aliphatic heterocycles. The van der Waals surface area contributed by atoms with E-state index in [2.05, 4.69) is 34.6 Å². The van der Waals surface area contributed by atoms with Crippen molar-refractivity contribution in [3.8, 4) is 0 Å². The van der Waals surface area contributed by atoms with E-state index in [0.29, 0.717) is 5.92 Å². The van der Waals surface area contributed by atoms with Crippen LogP contribution in [0.5, 0.6) is 0 Å². The Balaban J connectivity index is 4.78. The highest BCUT2D eigenvalue weighted by Gasteiger charge is 2.39. The predicted octanol–water partition coefficient (Wildman–Crippen LogP) is 7.50. The largest absolute Gasteiger partial charge is 0.350 e. The first-order chi connectivity index (χ1) is 11.7. The molecule has 0 saturated carbocycles. The first-order valence-electron chi connectivity index (χ1n) is 11.0. The van der Waals surface area contributed by atoms with Gasteiger partial charge in [-0.1, -0.05) is 78.6 Å². The molecule has 0 aromatic carbocycles. The van der Waals surface area contributed by atoms with Gasteiger partial charge in [0.2, 0.25) is 0 Å². The first-order valence-corrected chi connectivity index (χ1v) is 11.0. The third kappa shape index (κ3) is 10.0. The summed E-state index contributed by atoms with van der Waals surface area (Å²) in [6.07, 6.45) is 16.7. The van der Waals surface area contributed by atoms with Crippen molar-refractivity contribution in [1.82, 2.24) is 0 Å². The van der Waals surface area contributed by atoms with Gasteiger partial charge in [0.15, 0.2) is 5.79 Å². The molecule has 24 heavy (non-hydrogen) atoms. The fourth-order valence-electron chi connectivity index (χ4n) is 3.74. The zero-order valence-corrected chi connectivity index (χ0v) is 17.5. The quantitative estimate of drug-likeness (QED) is 0.189. The summed E-state index contributed by atoms with van der Waals surface area (Å²) in [5.74, 6) is 0.216. The van der Waals surface area contributed by atoms with Gasteiger partial charge in [0, 0.05) is 25.6 Å². The SMILES string of the molecule is CCCCCCCCC(CCCC)C(CCCC)(OCC)OCC. The van der Waals surface area contributed by atoms with Crippen molar-refractivity contribution in [2.75, 3.05) is 13.2 Å². The van der Waals surface area contributed by atoms with Crippen molar-refractivity contribution < 1.29 is 9.47 Å². The van der Waals surface area contributed by atoms with Crippen LogP contribution in [0.1, 0.15) is 118 Å². The van der Waals surface area contributed by atoms with Gasteiger partial charge < -0.3 is 9.47 Å². The summed E-state index contributed by atoms with van der Waals surface area (Å²) in [5.41, 5.74) is 0. The van der Waals surface area contributed by atoms with E-state index in [1.54, 1.807) is 0 Å². The molecule has 0 fully saturated rings. The maximum absolute atomic E-state index is 6.30. The van der Waals surface area contributed by atoms with Crippen LogP contribution in [0.2, 0.25) is 0 Å². The highest BCUT2D eigenvalue weighted by Crippen LogP contribution is 2.37. The van der Waals surface area contributed by atoms with Crippen LogP contribution < -0.4 is 0 Å². The van der Waals surface area contributed by atoms with E-state index < -0.39 is 0 Å². The maximum Gasteiger partial charge on any atom is 0.171 e. The minimum atomic E-state index is -0.335. The second-order valence-corrected chi connectivity index (χ2v) is 7.18. The Hall–Kier alpha value is -0.0800. The molecule has 146 valence electrons. The van der Waals surface area contributed by atoms with Gasteiger partial charge in [-0.25, -0.2) is 0 Å². The average Bonchev–Trinajstić information content (AvgIpc) is 2.58. The van der Waals surface area contributed by atoms with Crippen LogP contribution in [0.3, 0.4) is 0 Å². The molecule has 0 aromatic heterocycles. The predicted molar refractivity (Wildman–Crippen MR) is 107 cm³/mol. The molecule has 2 heteroatoms. The Bertz CT molecular complexity index is 246. The highest BCUT2D eigenvalue weighted by molar-refractivity contribution is 4.81. The molecule has 1 unspecified atom stereocenters. The number of hydrogen-bond acceptors (Lipinski definition) is 2. The Morgan fingerprint density at radius 2 is 1.08 bits per heavy atom. The van der Waals surface area contributed by atoms with Crippen molar-refractivity contribution in [2.24, 2.45) is 5.92 Å². The van der Waals surface area contributed by atoms with E-state index in [9.17, 15) is 0 Å². The van der Waals surface area contributed by atoms with Gasteiger partial charge in [-0.3, -0.25) is 0 Å². The zero-order chi connectivity index (χ0) is 18.1. The highest BCUT2D eigenvalue weighted by atomic mass is 16.7. The fourth-order valence-corrected chi connectivity index (χ4v) is 3.74. The van der Waals surface area contributed by atoms with Crippen LogP contribution in [0.4, 0.5) is 0 Å². The summed E-state index contributed by atoms with van der Waals surface area (Å²) >= 11 is 0. The molecule has 0 saturated heterocycles. The maximum atomic E-state index is 6.30. The molecule has 0 radical (unpaired) electrons. The van der Waals surface area contributed by atoms with Crippen molar-refractivity contribution in [3.05, 3.63) is 0 Å². The molecule has 0 bridgehead atoms. The average molecular weight is 343 g/mol. The lowest BCUT2D eigenvalue weighted by molar-refractivity contribution is -0.270. The lowest BCUT2D eigenvalue weighted by atomic mass is 9.84. The van der Waals surface area contributed by atoms with Crippen LogP contribution in [-0.4, -0.2) is 19.0 Å². The topological polar surface area (TPSA) is 18.5 Å². The summed E-state index contributed by atoms with van der Waals surface area (Å²) in [6, 6.07) is 0. The van der Waals surface area contributed by atoms with Crippen molar-refractivity contribution in [2.45, 2.75) is 124 Å². The number of ether oxygens (including phenoxy) is 2. The van der Waals surface area contributed by atoms with Gasteiger partial charge in [-0.15, -0.1) is 0 Å². The molecule has 0 spiro atoms. The molecule has 0 heterocycles. The summed E-state index contributed by atoms with van der Waals surface area (Å²) in [6.45, 7) is 12.6. The van der Waals surface area contributed by atoms with E-state index in [4.69, 9.17) is 9.47 Å². The molecule has 0 aromatic rings. The Morgan fingerprint density at radius 3 is 1.62 bits per heavy atom. The molecule has 0 aliphatic rings. The number of hydrogen-bond donors (Lipinski definition) is 0. The monoisotopic (exact) mass is 342 g/mol. The van der Waals surface area contributed by atoms with Crippen LogP contribution in [-0.2, 0) is 9.47 Å². The zero-order valence-electron chi connectivity index (χ0n) is 17.5. The normalized spacial score (nSPS) is 13.4. The van der Waals surface area contributed by atoms with Crippen molar-refractivity contribution in [1.29, 1.82) is 0 Å². The smallest absolute Gasteiger partial charge is 0.171 e. The van der Waals surface area contributed by atoms with Crippen LogP contribution in [0, 0.1) is 5.92 Å². The molecular weight excluding hydrogens is 296 g/mol. The Labute approximate surface area is 153 Å². The number of rotatable bonds is 18. The molecular formula is C22H46O2. The summed E-state index contributed by atoms with van der Waals surface area (Å²) in [7, 11) is 0. The number of unbranched alkanes of at least 4 members (excludes halogenated alkanes) is 7. The Kier molecular flexibility index (Phi) is 16.3. The second-order valence-electron chi connectivity index (χ2n) is 7.18. The summed E-state index contributed by atoms with van der Waals surface area (Å²) < 4.78 is 12.6. The molecule has 0 N–H and O–H groups in total. The fraction of sp³-hybridized carbons (Fsp3) is 1.00. The van der Waals surface area contributed by atoms with Gasteiger partial charge in [0.1, 0.15) is 0 Å². The lowest BCUT2D eigenvalue weighted by Crippen LogP contribution is -2.44. The molecule has 0 rings (SSSR count). The third-order valence-corrected chi connectivity index (χ3v) is 5.09. The van der Waals surface area contributed by atoms with Crippen molar-refractivity contribution in [3.63, 3.8) is 0 Å². The first kappa shape index (κ1) is 23.9. The summed E-state index contributed by atoms with van der Waals surface area (Å²) in [5, 5.41) is 0. The van der Waals surface area contributed by atoms with Crippen molar-refractivity contribution >= 4 is 0 Å². The van der Waals surface area contributed by atoms with Gasteiger partial charge in [-0.2, -0.15) is 0 Å². The molecule has 0 aliphatic carbocycles. The molecule has 0 amide bonds. The van der Waals surface area contributed by atoms with E-state index in [-0.39, 0.29) is 5.79 Å². The van der Waals surface area contributed by atoms with E-state index in [0.717, 1.165) is 19.6 Å². The van der Waals surface area contributed by atoms with Crippen LogP contribution in [0.25, 0.3) is 0 Å². The standard InChI is InChI=1S/C22H46O2/c1-6-11-14-15-16-17-19-21(18-12-7-2)22(23-9-4,24-10-5)20-13-8-3/h21H,6-20H2,1-5H3. The van der Waals surface area contributed by atoms with Gasteiger partial charge in [-0.05, 0) is 33.1 Å². The van der Waals surface area contributed by atoms with Gasteiger partial charge in [0.05, 0.1) is 0 Å². The third-order valence-electron chi connectivity index (χ3n) is 5.09. The lowest BCUT2D eigenvalue weighted by Gasteiger charge is -2.40. The minimum Gasteiger partial charge on any atom is -0.350 e. The van der Waals surface area contributed by atoms with Crippen LogP contribution >= 0.6 is 0 Å². The molecule has 1 atom stereocenters. The van der Waals surface area contributed by atoms with E-state index in [1.807, 2.05) is 0 Å². The minimum absolute atomic E-state index is 0.335. The van der Waals surface area contributed by atoms with E-state index >= 15 is 0 Å².